The molecule has 4 rings (SSSR count). The molecule has 1 amide bonds. The van der Waals surface area contributed by atoms with Crippen molar-refractivity contribution in [3.63, 3.8) is 0 Å². The van der Waals surface area contributed by atoms with Gasteiger partial charge in [0.05, 0.1) is 19.0 Å². The summed E-state index contributed by atoms with van der Waals surface area (Å²) in [6, 6.07) is 17.9. The molecule has 0 radical (unpaired) electrons. The Morgan fingerprint density at radius 2 is 1.84 bits per heavy atom. The molecule has 1 aliphatic rings. The van der Waals surface area contributed by atoms with Gasteiger partial charge in [-0.1, -0.05) is 30.3 Å². The van der Waals surface area contributed by atoms with Gasteiger partial charge in [0.25, 0.3) is 0 Å². The van der Waals surface area contributed by atoms with Crippen LogP contribution in [0.1, 0.15) is 5.56 Å². The highest BCUT2D eigenvalue weighted by molar-refractivity contribution is 5.93. The molecule has 0 bridgehead atoms. The van der Waals surface area contributed by atoms with E-state index in [1.54, 1.807) is 7.11 Å². The van der Waals surface area contributed by atoms with Crippen molar-refractivity contribution >= 4 is 28.3 Å². The number of nitrogens with two attached hydrogens (primary N) is 1. The molecule has 0 saturated carbocycles. The van der Waals surface area contributed by atoms with E-state index in [0.717, 1.165) is 46.8 Å². The minimum absolute atomic E-state index is 0.154. The van der Waals surface area contributed by atoms with E-state index in [1.165, 1.54) is 0 Å². The topological polar surface area (TPSA) is 83.7 Å². The van der Waals surface area contributed by atoms with E-state index in [4.69, 9.17) is 15.5 Å². The fourth-order valence-electron chi connectivity index (χ4n) is 3.89. The van der Waals surface area contributed by atoms with E-state index in [2.05, 4.69) is 22.3 Å². The number of carbonyl (C=O) groups is 1. The lowest BCUT2D eigenvalue weighted by atomic mass is 10.1. The number of piperazine rings is 1. The average molecular weight is 420 g/mol. The molecule has 0 atom stereocenters. The second-order valence-electron chi connectivity index (χ2n) is 7.65. The van der Waals surface area contributed by atoms with Crippen LogP contribution in [0.5, 0.6) is 5.75 Å². The van der Waals surface area contributed by atoms with Gasteiger partial charge in [0.2, 0.25) is 5.91 Å². The summed E-state index contributed by atoms with van der Waals surface area (Å²) in [4.78, 5) is 21.8. The second-order valence-corrected chi connectivity index (χ2v) is 7.65. The first kappa shape index (κ1) is 20.9. The van der Waals surface area contributed by atoms with Crippen molar-refractivity contribution in [2.24, 2.45) is 5.73 Å². The first-order valence-electron chi connectivity index (χ1n) is 10.7. The summed E-state index contributed by atoms with van der Waals surface area (Å²) in [5.41, 5.74) is 8.68. The van der Waals surface area contributed by atoms with Gasteiger partial charge in [-0.2, -0.15) is 0 Å². The van der Waals surface area contributed by atoms with Crippen LogP contribution in [0.15, 0.2) is 54.6 Å². The summed E-state index contributed by atoms with van der Waals surface area (Å²) in [5.74, 6) is 1.88. The van der Waals surface area contributed by atoms with Gasteiger partial charge in [0.1, 0.15) is 11.6 Å². The molecule has 1 fully saturated rings. The van der Waals surface area contributed by atoms with E-state index in [9.17, 15) is 4.79 Å². The molecule has 31 heavy (non-hydrogen) atoms. The van der Waals surface area contributed by atoms with Gasteiger partial charge in [0, 0.05) is 56.4 Å². The molecule has 0 unspecified atom stereocenters. The lowest BCUT2D eigenvalue weighted by molar-refractivity contribution is -0.130. The Bertz CT molecular complexity index is 1030. The predicted molar refractivity (Wildman–Crippen MR) is 125 cm³/mol. The number of hydrogen-bond donors (Lipinski definition) is 2. The highest BCUT2D eigenvalue weighted by Gasteiger charge is 2.22. The van der Waals surface area contributed by atoms with E-state index < -0.39 is 0 Å². The number of para-hydroxylation sites is 1. The minimum atomic E-state index is 0.154. The molecule has 3 N–H and O–H groups in total. The van der Waals surface area contributed by atoms with Gasteiger partial charge in [-0.3, -0.25) is 4.79 Å². The van der Waals surface area contributed by atoms with Crippen molar-refractivity contribution in [3.8, 4) is 5.75 Å². The fourth-order valence-corrected chi connectivity index (χ4v) is 3.89. The molecular weight excluding hydrogens is 390 g/mol. The van der Waals surface area contributed by atoms with Gasteiger partial charge in [-0.15, -0.1) is 0 Å². The van der Waals surface area contributed by atoms with Gasteiger partial charge in [0.15, 0.2) is 0 Å². The Hall–Kier alpha value is -3.32. The number of amides is 1. The zero-order valence-corrected chi connectivity index (χ0v) is 17.9. The molecule has 162 valence electrons. The van der Waals surface area contributed by atoms with Crippen molar-refractivity contribution in [2.45, 2.75) is 6.42 Å². The smallest absolute Gasteiger partial charge is 0.227 e. The number of nitrogens with one attached hydrogen (secondary N) is 1. The molecule has 2 heterocycles. The van der Waals surface area contributed by atoms with Crippen LogP contribution in [0, 0.1) is 0 Å². The number of anilines is 2. The van der Waals surface area contributed by atoms with Gasteiger partial charge < -0.3 is 25.6 Å². The molecular formula is C24H29N5O2. The summed E-state index contributed by atoms with van der Waals surface area (Å²) in [5, 5.41) is 4.50. The van der Waals surface area contributed by atoms with Gasteiger partial charge >= 0.3 is 0 Å². The quantitative estimate of drug-likeness (QED) is 0.612. The number of benzene rings is 2. The molecule has 1 saturated heterocycles. The highest BCUT2D eigenvalue weighted by Crippen LogP contribution is 2.27. The van der Waals surface area contributed by atoms with Crippen molar-refractivity contribution in [3.05, 3.63) is 60.2 Å². The normalized spacial score (nSPS) is 14.0. The summed E-state index contributed by atoms with van der Waals surface area (Å²) in [7, 11) is 1.64. The monoisotopic (exact) mass is 419 g/mol. The van der Waals surface area contributed by atoms with Crippen LogP contribution in [0.4, 0.5) is 11.5 Å². The molecule has 1 aliphatic heterocycles. The average Bonchev–Trinajstić information content (AvgIpc) is 2.83. The number of carbonyl (C=O) groups excluding carboxylic acids is 1. The van der Waals surface area contributed by atoms with Crippen molar-refractivity contribution in [1.82, 2.24) is 9.88 Å². The van der Waals surface area contributed by atoms with Gasteiger partial charge in [-0.05, 0) is 23.8 Å². The first-order chi connectivity index (χ1) is 15.2. The summed E-state index contributed by atoms with van der Waals surface area (Å²) < 4.78 is 5.18. The van der Waals surface area contributed by atoms with Crippen LogP contribution in [-0.4, -0.2) is 62.2 Å². The Morgan fingerprint density at radius 3 is 2.55 bits per heavy atom. The van der Waals surface area contributed by atoms with Crippen LogP contribution in [0.3, 0.4) is 0 Å². The van der Waals surface area contributed by atoms with E-state index in [1.807, 2.05) is 47.4 Å². The molecule has 7 heteroatoms. The molecule has 1 aromatic heterocycles. The Balaban J connectivity index is 1.42. The summed E-state index contributed by atoms with van der Waals surface area (Å²) in [6.07, 6.45) is 0.408. The zero-order valence-electron chi connectivity index (χ0n) is 17.9. The number of aromatic nitrogens is 1. The first-order valence-corrected chi connectivity index (χ1v) is 10.7. The lowest BCUT2D eigenvalue weighted by Crippen LogP contribution is -2.49. The number of rotatable bonds is 7. The second kappa shape index (κ2) is 9.66. The maximum Gasteiger partial charge on any atom is 0.227 e. The third kappa shape index (κ3) is 4.88. The largest absolute Gasteiger partial charge is 0.497 e. The number of fused-ring (bicyclic) bond motifs is 1. The predicted octanol–water partition coefficient (Wildman–Crippen LogP) is 2.51. The maximum absolute atomic E-state index is 12.8. The van der Waals surface area contributed by atoms with E-state index in [-0.39, 0.29) is 5.91 Å². The van der Waals surface area contributed by atoms with E-state index >= 15 is 0 Å². The molecule has 3 aromatic rings. The molecule has 0 aliphatic carbocycles. The Morgan fingerprint density at radius 1 is 1.10 bits per heavy atom. The van der Waals surface area contributed by atoms with Crippen LogP contribution >= 0.6 is 0 Å². The SMILES string of the molecule is COc1ccc(CC(=O)N2CCN(c3cc(NCCN)c4ccccc4n3)CC2)cc1. The maximum atomic E-state index is 12.8. The number of pyridine rings is 1. The third-order valence-corrected chi connectivity index (χ3v) is 5.63. The van der Waals surface area contributed by atoms with Crippen molar-refractivity contribution < 1.29 is 9.53 Å². The third-order valence-electron chi connectivity index (χ3n) is 5.63. The highest BCUT2D eigenvalue weighted by atomic mass is 16.5. The number of methoxy groups -OCH3 is 1. The van der Waals surface area contributed by atoms with Crippen molar-refractivity contribution in [1.29, 1.82) is 0 Å². The van der Waals surface area contributed by atoms with Crippen LogP contribution in [0.25, 0.3) is 10.9 Å². The summed E-state index contributed by atoms with van der Waals surface area (Å²) in [6.45, 7) is 4.18. The molecule has 2 aromatic carbocycles. The fraction of sp³-hybridized carbons (Fsp3) is 0.333. The van der Waals surface area contributed by atoms with Crippen LogP contribution < -0.4 is 20.7 Å². The minimum Gasteiger partial charge on any atom is -0.497 e. The number of nitrogens with zero attached hydrogens (tertiary/aromatic N) is 3. The standard InChI is InChI=1S/C24H29N5O2/c1-31-19-8-6-18(7-9-19)16-24(30)29-14-12-28(13-15-29)23-17-22(26-11-10-25)20-4-2-3-5-21(20)27-23/h2-9,17H,10-16,25H2,1H3,(H,26,27). The Kier molecular flexibility index (Phi) is 6.52. The van der Waals surface area contributed by atoms with Gasteiger partial charge in [-0.25, -0.2) is 4.98 Å². The van der Waals surface area contributed by atoms with Crippen LogP contribution in [-0.2, 0) is 11.2 Å². The van der Waals surface area contributed by atoms with Crippen molar-refractivity contribution in [2.75, 3.05) is 56.6 Å². The molecule has 0 spiro atoms. The lowest BCUT2D eigenvalue weighted by Gasteiger charge is -2.35. The summed E-state index contributed by atoms with van der Waals surface area (Å²) >= 11 is 0. The van der Waals surface area contributed by atoms with E-state index in [0.29, 0.717) is 32.6 Å². The zero-order chi connectivity index (χ0) is 21.6. The number of ether oxygens (including phenoxy) is 1. The number of hydrogen-bond acceptors (Lipinski definition) is 6. The van der Waals surface area contributed by atoms with Crippen LogP contribution in [0.2, 0.25) is 0 Å². The Labute approximate surface area is 182 Å². The molecule has 7 nitrogen and oxygen atoms in total.